The van der Waals surface area contributed by atoms with E-state index in [1.165, 1.54) is 12.0 Å². The van der Waals surface area contributed by atoms with E-state index >= 15 is 0 Å². The number of anilines is 1. The summed E-state index contributed by atoms with van der Waals surface area (Å²) in [4.78, 5) is 27.9. The molecule has 0 bridgehead atoms. The highest BCUT2D eigenvalue weighted by Gasteiger charge is 2.47. The summed E-state index contributed by atoms with van der Waals surface area (Å²) in [6, 6.07) is 20.7. The Morgan fingerprint density at radius 1 is 0.971 bits per heavy atom. The van der Waals surface area contributed by atoms with Crippen LogP contribution in [-0.2, 0) is 15.0 Å². The molecule has 4 rings (SSSR count). The van der Waals surface area contributed by atoms with Crippen LogP contribution in [0.4, 0.5) is 5.69 Å². The number of para-hydroxylation sites is 1. The number of aliphatic hydroxyl groups is 1. The summed E-state index contributed by atoms with van der Waals surface area (Å²) < 4.78 is 5.27. The minimum atomic E-state index is -0.793. The fraction of sp³-hybridized carbons (Fsp3) is 0.214. The fourth-order valence-corrected chi connectivity index (χ4v) is 4.33. The maximum atomic E-state index is 13.3. The highest BCUT2D eigenvalue weighted by molar-refractivity contribution is 6.51. The van der Waals surface area contributed by atoms with E-state index in [1.807, 2.05) is 30.3 Å². The number of Topliss-reactive ketones (excluding diaryl/α,β-unsaturated/α-hetero) is 1. The Bertz CT molecular complexity index is 1270. The second-order valence-corrected chi connectivity index (χ2v) is 9.63. The number of halogens is 1. The predicted octanol–water partition coefficient (Wildman–Crippen LogP) is 6.27. The van der Waals surface area contributed by atoms with Crippen LogP contribution in [0.2, 0.25) is 5.02 Å². The van der Waals surface area contributed by atoms with Gasteiger partial charge in [0.25, 0.3) is 11.7 Å². The molecule has 1 N–H and O–H groups in total. The summed E-state index contributed by atoms with van der Waals surface area (Å²) in [5, 5.41) is 11.7. The van der Waals surface area contributed by atoms with Crippen LogP contribution in [0.1, 0.15) is 43.5 Å². The third kappa shape index (κ3) is 4.19. The number of hydrogen-bond donors (Lipinski definition) is 1. The predicted molar refractivity (Wildman–Crippen MR) is 134 cm³/mol. The van der Waals surface area contributed by atoms with E-state index in [4.69, 9.17) is 16.3 Å². The molecule has 6 heteroatoms. The summed E-state index contributed by atoms with van der Waals surface area (Å²) in [5.41, 5.74) is 2.71. The van der Waals surface area contributed by atoms with Crippen LogP contribution in [0, 0.1) is 0 Å². The van der Waals surface area contributed by atoms with E-state index in [0.29, 0.717) is 22.0 Å². The number of hydrogen-bond acceptors (Lipinski definition) is 4. The lowest BCUT2D eigenvalue weighted by Gasteiger charge is -2.26. The summed E-state index contributed by atoms with van der Waals surface area (Å²) in [6.45, 7) is 6.35. The van der Waals surface area contributed by atoms with Gasteiger partial charge in [0.1, 0.15) is 11.5 Å². The molecule has 1 aliphatic heterocycles. The molecule has 0 aromatic heterocycles. The van der Waals surface area contributed by atoms with Gasteiger partial charge in [-0.1, -0.05) is 74.8 Å². The lowest BCUT2D eigenvalue weighted by Crippen LogP contribution is -2.29. The molecular formula is C28H26ClNO4. The molecule has 1 heterocycles. The number of nitrogens with zero attached hydrogens (tertiary/aromatic N) is 1. The van der Waals surface area contributed by atoms with Crippen LogP contribution in [0.3, 0.4) is 0 Å². The van der Waals surface area contributed by atoms with Gasteiger partial charge in [0, 0.05) is 11.3 Å². The minimum Gasteiger partial charge on any atom is -0.507 e. The Morgan fingerprint density at radius 3 is 2.21 bits per heavy atom. The molecule has 0 aliphatic carbocycles. The number of carbonyl (C=O) groups excluding carboxylic acids is 2. The highest BCUT2D eigenvalue weighted by atomic mass is 35.5. The Kier molecular flexibility index (Phi) is 6.24. The lowest BCUT2D eigenvalue weighted by molar-refractivity contribution is -0.132. The van der Waals surface area contributed by atoms with Crippen molar-refractivity contribution in [2.45, 2.75) is 32.2 Å². The van der Waals surface area contributed by atoms with Crippen molar-refractivity contribution in [2.75, 3.05) is 12.0 Å². The minimum absolute atomic E-state index is 0.0155. The van der Waals surface area contributed by atoms with Crippen LogP contribution >= 0.6 is 11.6 Å². The van der Waals surface area contributed by atoms with Crippen molar-refractivity contribution < 1.29 is 19.4 Å². The van der Waals surface area contributed by atoms with Crippen molar-refractivity contribution >= 4 is 34.7 Å². The third-order valence-corrected chi connectivity index (χ3v) is 6.31. The zero-order chi connectivity index (χ0) is 24.6. The van der Waals surface area contributed by atoms with E-state index in [2.05, 4.69) is 20.8 Å². The number of rotatable bonds is 4. The van der Waals surface area contributed by atoms with Crippen molar-refractivity contribution in [1.29, 1.82) is 0 Å². The third-order valence-electron chi connectivity index (χ3n) is 6.00. The van der Waals surface area contributed by atoms with Gasteiger partial charge in [0.15, 0.2) is 0 Å². The monoisotopic (exact) mass is 475 g/mol. The Hall–Kier alpha value is -3.57. The number of aliphatic hydroxyl groups excluding tert-OH is 1. The highest BCUT2D eigenvalue weighted by Crippen LogP contribution is 2.43. The average Bonchev–Trinajstić information content (AvgIpc) is 3.09. The molecule has 3 aromatic rings. The van der Waals surface area contributed by atoms with E-state index in [-0.39, 0.29) is 16.7 Å². The smallest absolute Gasteiger partial charge is 0.300 e. The molecule has 1 atom stereocenters. The van der Waals surface area contributed by atoms with Gasteiger partial charge in [-0.3, -0.25) is 14.5 Å². The first-order chi connectivity index (χ1) is 16.1. The standard InChI is InChI=1S/C28H26ClNO4/c1-28(2,3)19-13-10-17(11-14-19)24-23(25(31)18-12-15-21(29)22(16-18)34-4)26(32)27(33)30(24)20-8-6-5-7-9-20/h5-16,24,31H,1-4H3/b25-23-. The Morgan fingerprint density at radius 2 is 1.62 bits per heavy atom. The van der Waals surface area contributed by atoms with Crippen molar-refractivity contribution in [1.82, 2.24) is 0 Å². The zero-order valence-electron chi connectivity index (χ0n) is 19.5. The Balaban J connectivity index is 1.93. The van der Waals surface area contributed by atoms with Crippen LogP contribution in [-0.4, -0.2) is 23.9 Å². The van der Waals surface area contributed by atoms with Gasteiger partial charge >= 0.3 is 0 Å². The van der Waals surface area contributed by atoms with Crippen molar-refractivity contribution in [3.63, 3.8) is 0 Å². The van der Waals surface area contributed by atoms with Gasteiger partial charge in [0.05, 0.1) is 23.7 Å². The molecular weight excluding hydrogens is 450 g/mol. The molecule has 34 heavy (non-hydrogen) atoms. The van der Waals surface area contributed by atoms with E-state index in [1.54, 1.807) is 42.5 Å². The van der Waals surface area contributed by atoms with Crippen LogP contribution in [0.25, 0.3) is 5.76 Å². The van der Waals surface area contributed by atoms with E-state index < -0.39 is 17.7 Å². The lowest BCUT2D eigenvalue weighted by atomic mass is 9.85. The second kappa shape index (κ2) is 8.99. The zero-order valence-corrected chi connectivity index (χ0v) is 20.3. The maximum Gasteiger partial charge on any atom is 0.300 e. The number of ketones is 1. The summed E-state index contributed by atoms with van der Waals surface area (Å²) in [6.07, 6.45) is 0. The number of benzene rings is 3. The molecule has 3 aromatic carbocycles. The quantitative estimate of drug-likeness (QED) is 0.274. The molecule has 1 aliphatic rings. The Labute approximate surface area is 204 Å². The topological polar surface area (TPSA) is 66.8 Å². The van der Waals surface area contributed by atoms with Crippen molar-refractivity contribution in [2.24, 2.45) is 0 Å². The maximum absolute atomic E-state index is 13.3. The van der Waals surface area contributed by atoms with Gasteiger partial charge in [0.2, 0.25) is 0 Å². The summed E-state index contributed by atoms with van der Waals surface area (Å²) >= 11 is 6.14. The van der Waals surface area contributed by atoms with Crippen molar-refractivity contribution in [3.05, 3.63) is 100 Å². The molecule has 0 saturated carbocycles. The van der Waals surface area contributed by atoms with Gasteiger partial charge in [-0.15, -0.1) is 0 Å². The normalized spacial score (nSPS) is 17.8. The summed E-state index contributed by atoms with van der Waals surface area (Å²) in [7, 11) is 1.47. The molecule has 1 amide bonds. The molecule has 0 spiro atoms. The average molecular weight is 476 g/mol. The fourth-order valence-electron chi connectivity index (χ4n) is 4.13. The van der Waals surface area contributed by atoms with Crippen LogP contribution in [0.5, 0.6) is 5.75 Å². The van der Waals surface area contributed by atoms with Crippen LogP contribution in [0.15, 0.2) is 78.4 Å². The van der Waals surface area contributed by atoms with Gasteiger partial charge in [-0.05, 0) is 46.9 Å². The largest absolute Gasteiger partial charge is 0.507 e. The first-order valence-electron chi connectivity index (χ1n) is 10.9. The molecule has 1 saturated heterocycles. The van der Waals surface area contributed by atoms with Crippen LogP contribution < -0.4 is 9.64 Å². The van der Waals surface area contributed by atoms with Crippen molar-refractivity contribution in [3.8, 4) is 5.75 Å². The molecule has 1 unspecified atom stereocenters. The molecule has 1 fully saturated rings. The van der Waals surface area contributed by atoms with Gasteiger partial charge in [-0.25, -0.2) is 0 Å². The first kappa shape index (κ1) is 23.6. The number of carbonyl (C=O) groups is 2. The van der Waals surface area contributed by atoms with E-state index in [9.17, 15) is 14.7 Å². The second-order valence-electron chi connectivity index (χ2n) is 9.23. The van der Waals surface area contributed by atoms with Gasteiger partial charge in [-0.2, -0.15) is 0 Å². The summed E-state index contributed by atoms with van der Waals surface area (Å²) in [5.74, 6) is -1.37. The van der Waals surface area contributed by atoms with Gasteiger partial charge < -0.3 is 9.84 Å². The SMILES string of the molecule is COc1cc(/C(O)=C2/C(=O)C(=O)N(c3ccccc3)C2c2ccc(C(C)(C)C)cc2)ccc1Cl. The number of ether oxygens (including phenoxy) is 1. The molecule has 174 valence electrons. The molecule has 5 nitrogen and oxygen atoms in total. The van der Waals surface area contributed by atoms with E-state index in [0.717, 1.165) is 11.1 Å². The molecule has 0 radical (unpaired) electrons. The number of amides is 1. The first-order valence-corrected chi connectivity index (χ1v) is 11.3. The number of methoxy groups -OCH3 is 1.